The van der Waals surface area contributed by atoms with Crippen molar-refractivity contribution in [2.75, 3.05) is 17.2 Å². The smallest absolute Gasteiger partial charge is 0.229 e. The van der Waals surface area contributed by atoms with Crippen LogP contribution in [0.5, 0.6) is 5.75 Å². The summed E-state index contributed by atoms with van der Waals surface area (Å²) in [5, 5.41) is 6.49. The van der Waals surface area contributed by atoms with Crippen LogP contribution in [0.25, 0.3) is 0 Å². The number of anilines is 4. The Bertz CT molecular complexity index is 852. The zero-order valence-electron chi connectivity index (χ0n) is 14.1. The van der Waals surface area contributed by atoms with Gasteiger partial charge < -0.3 is 15.4 Å². The molecular formula is C19H19BrN4O. The highest BCUT2D eigenvalue weighted by molar-refractivity contribution is 9.10. The van der Waals surface area contributed by atoms with Gasteiger partial charge in [0.1, 0.15) is 11.6 Å². The van der Waals surface area contributed by atoms with Gasteiger partial charge in [-0.15, -0.1) is 0 Å². The summed E-state index contributed by atoms with van der Waals surface area (Å²) in [6, 6.07) is 15.7. The van der Waals surface area contributed by atoms with Crippen LogP contribution in [0.2, 0.25) is 0 Å². The molecule has 0 bridgehead atoms. The molecule has 0 radical (unpaired) electrons. The average molecular weight is 399 g/mol. The number of nitrogens with one attached hydrogen (secondary N) is 2. The second-order valence-electron chi connectivity index (χ2n) is 5.46. The average Bonchev–Trinajstić information content (AvgIpc) is 2.60. The predicted octanol–water partition coefficient (Wildman–Crippen LogP) is 5.43. The minimum absolute atomic E-state index is 0.528. The SMILES string of the molecule is CCOc1ccc(Nc2ccnc(Nc3ccc(C)cc3Br)n2)cc1. The van der Waals surface area contributed by atoms with Gasteiger partial charge in [0.05, 0.1) is 12.3 Å². The molecule has 5 nitrogen and oxygen atoms in total. The van der Waals surface area contributed by atoms with Crippen LogP contribution in [0.3, 0.4) is 0 Å². The molecule has 0 unspecified atom stereocenters. The van der Waals surface area contributed by atoms with Gasteiger partial charge in [-0.25, -0.2) is 4.98 Å². The van der Waals surface area contributed by atoms with Crippen LogP contribution in [0.4, 0.5) is 23.1 Å². The third-order valence-electron chi connectivity index (χ3n) is 3.46. The zero-order chi connectivity index (χ0) is 17.6. The summed E-state index contributed by atoms with van der Waals surface area (Å²) in [5.74, 6) is 2.09. The molecule has 0 aliphatic rings. The summed E-state index contributed by atoms with van der Waals surface area (Å²) in [4.78, 5) is 8.78. The van der Waals surface area contributed by atoms with Gasteiger partial charge in [0, 0.05) is 16.4 Å². The number of rotatable bonds is 6. The van der Waals surface area contributed by atoms with E-state index in [0.717, 1.165) is 21.6 Å². The third-order valence-corrected chi connectivity index (χ3v) is 4.12. The quantitative estimate of drug-likeness (QED) is 0.579. The Balaban J connectivity index is 1.72. The lowest BCUT2D eigenvalue weighted by Gasteiger charge is -2.10. The van der Waals surface area contributed by atoms with Crippen molar-refractivity contribution in [3.05, 3.63) is 64.8 Å². The predicted molar refractivity (Wildman–Crippen MR) is 105 cm³/mol. The molecule has 0 fully saturated rings. The Kier molecular flexibility index (Phi) is 5.50. The van der Waals surface area contributed by atoms with Crippen molar-refractivity contribution >= 4 is 39.1 Å². The molecule has 2 aromatic carbocycles. The molecule has 0 aliphatic carbocycles. The van der Waals surface area contributed by atoms with E-state index in [-0.39, 0.29) is 0 Å². The zero-order valence-corrected chi connectivity index (χ0v) is 15.7. The summed E-state index contributed by atoms with van der Waals surface area (Å²) >= 11 is 3.55. The van der Waals surface area contributed by atoms with E-state index < -0.39 is 0 Å². The molecule has 0 spiro atoms. The normalized spacial score (nSPS) is 10.4. The van der Waals surface area contributed by atoms with Gasteiger partial charge in [-0.2, -0.15) is 4.98 Å². The summed E-state index contributed by atoms with van der Waals surface area (Å²) in [5.41, 5.74) is 3.04. The van der Waals surface area contributed by atoms with Gasteiger partial charge in [-0.3, -0.25) is 0 Å². The summed E-state index contributed by atoms with van der Waals surface area (Å²) in [6.45, 7) is 4.67. The third kappa shape index (κ3) is 4.70. The van der Waals surface area contributed by atoms with E-state index in [1.54, 1.807) is 6.20 Å². The van der Waals surface area contributed by atoms with Crippen LogP contribution in [-0.2, 0) is 0 Å². The van der Waals surface area contributed by atoms with Crippen LogP contribution in [-0.4, -0.2) is 16.6 Å². The van der Waals surface area contributed by atoms with Crippen molar-refractivity contribution in [2.24, 2.45) is 0 Å². The molecule has 25 heavy (non-hydrogen) atoms. The first-order valence-corrected chi connectivity index (χ1v) is 8.79. The highest BCUT2D eigenvalue weighted by Gasteiger charge is 2.04. The van der Waals surface area contributed by atoms with Crippen molar-refractivity contribution in [3.8, 4) is 5.75 Å². The number of nitrogens with zero attached hydrogens (tertiary/aromatic N) is 2. The van der Waals surface area contributed by atoms with Gasteiger partial charge >= 0.3 is 0 Å². The van der Waals surface area contributed by atoms with E-state index in [9.17, 15) is 0 Å². The molecule has 0 saturated carbocycles. The first-order chi connectivity index (χ1) is 12.1. The Hall–Kier alpha value is -2.60. The topological polar surface area (TPSA) is 59.1 Å². The maximum atomic E-state index is 5.45. The first kappa shape index (κ1) is 17.2. The Morgan fingerprint density at radius 3 is 2.56 bits per heavy atom. The molecule has 6 heteroatoms. The fourth-order valence-electron chi connectivity index (χ4n) is 2.28. The van der Waals surface area contributed by atoms with E-state index in [0.29, 0.717) is 18.4 Å². The fourth-order valence-corrected chi connectivity index (χ4v) is 2.87. The lowest BCUT2D eigenvalue weighted by atomic mass is 10.2. The van der Waals surface area contributed by atoms with Crippen LogP contribution < -0.4 is 15.4 Å². The van der Waals surface area contributed by atoms with Crippen molar-refractivity contribution < 1.29 is 4.74 Å². The first-order valence-electron chi connectivity index (χ1n) is 8.00. The van der Waals surface area contributed by atoms with E-state index in [1.807, 2.05) is 62.4 Å². The van der Waals surface area contributed by atoms with Gasteiger partial charge in [0.15, 0.2) is 0 Å². The second kappa shape index (κ2) is 7.98. The van der Waals surface area contributed by atoms with Crippen molar-refractivity contribution in [1.29, 1.82) is 0 Å². The van der Waals surface area contributed by atoms with E-state index in [4.69, 9.17) is 4.74 Å². The molecule has 0 saturated heterocycles. The maximum absolute atomic E-state index is 5.45. The second-order valence-corrected chi connectivity index (χ2v) is 6.31. The van der Waals surface area contributed by atoms with Gasteiger partial charge in [-0.1, -0.05) is 6.07 Å². The summed E-state index contributed by atoms with van der Waals surface area (Å²) < 4.78 is 6.42. The standard InChI is InChI=1S/C19H19BrN4O/c1-3-25-15-7-5-14(6-8-15)22-18-10-11-21-19(24-18)23-17-9-4-13(2)12-16(17)20/h4-12H,3H2,1-2H3,(H2,21,22,23,24). The number of aromatic nitrogens is 2. The summed E-state index contributed by atoms with van der Waals surface area (Å²) in [6.07, 6.45) is 1.72. The molecule has 128 valence electrons. The molecule has 0 amide bonds. The number of hydrogen-bond acceptors (Lipinski definition) is 5. The van der Waals surface area contributed by atoms with E-state index >= 15 is 0 Å². The van der Waals surface area contributed by atoms with E-state index in [1.165, 1.54) is 5.56 Å². The van der Waals surface area contributed by atoms with Crippen LogP contribution in [0, 0.1) is 6.92 Å². The lowest BCUT2D eigenvalue weighted by molar-refractivity contribution is 0.340. The number of aryl methyl sites for hydroxylation is 1. The van der Waals surface area contributed by atoms with Crippen molar-refractivity contribution in [2.45, 2.75) is 13.8 Å². The van der Waals surface area contributed by atoms with Crippen LogP contribution >= 0.6 is 15.9 Å². The molecule has 0 aliphatic heterocycles. The molecule has 1 aromatic heterocycles. The molecular weight excluding hydrogens is 380 g/mol. The minimum Gasteiger partial charge on any atom is -0.494 e. The summed E-state index contributed by atoms with van der Waals surface area (Å²) in [7, 11) is 0. The Morgan fingerprint density at radius 2 is 1.84 bits per heavy atom. The van der Waals surface area contributed by atoms with Crippen LogP contribution in [0.1, 0.15) is 12.5 Å². The molecule has 0 atom stereocenters. The van der Waals surface area contributed by atoms with Crippen molar-refractivity contribution in [3.63, 3.8) is 0 Å². The fraction of sp³-hybridized carbons (Fsp3) is 0.158. The molecule has 3 aromatic rings. The number of benzene rings is 2. The van der Waals surface area contributed by atoms with Crippen molar-refractivity contribution in [1.82, 2.24) is 9.97 Å². The Morgan fingerprint density at radius 1 is 1.04 bits per heavy atom. The van der Waals surface area contributed by atoms with Gasteiger partial charge in [0.2, 0.25) is 5.95 Å². The highest BCUT2D eigenvalue weighted by atomic mass is 79.9. The number of halogens is 1. The molecule has 1 heterocycles. The van der Waals surface area contributed by atoms with Gasteiger partial charge in [0.25, 0.3) is 0 Å². The largest absolute Gasteiger partial charge is 0.494 e. The molecule has 3 rings (SSSR count). The van der Waals surface area contributed by atoms with Gasteiger partial charge in [-0.05, 0) is 77.8 Å². The minimum atomic E-state index is 0.528. The van der Waals surface area contributed by atoms with Crippen LogP contribution in [0.15, 0.2) is 59.2 Å². The number of hydrogen-bond donors (Lipinski definition) is 2. The monoisotopic (exact) mass is 398 g/mol. The molecule has 2 N–H and O–H groups in total. The lowest BCUT2D eigenvalue weighted by Crippen LogP contribution is -2.01. The Labute approximate surface area is 155 Å². The maximum Gasteiger partial charge on any atom is 0.229 e. The highest BCUT2D eigenvalue weighted by Crippen LogP contribution is 2.26. The van der Waals surface area contributed by atoms with E-state index in [2.05, 4.69) is 36.5 Å². The number of ether oxygens (including phenoxy) is 1.